The molecule has 2 atom stereocenters. The Labute approximate surface area is 195 Å². The van der Waals surface area contributed by atoms with Crippen LogP contribution in [-0.2, 0) is 11.2 Å². The van der Waals surface area contributed by atoms with Gasteiger partial charge in [-0.05, 0) is 73.7 Å². The highest BCUT2D eigenvalue weighted by Crippen LogP contribution is 2.36. The summed E-state index contributed by atoms with van der Waals surface area (Å²) in [6.07, 6.45) is 3.78. The fraction of sp³-hybridized carbons (Fsp3) is 0.286. The quantitative estimate of drug-likeness (QED) is 0.405. The van der Waals surface area contributed by atoms with Gasteiger partial charge < -0.3 is 4.90 Å². The molecule has 0 aromatic heterocycles. The Morgan fingerprint density at radius 2 is 1.78 bits per heavy atom. The van der Waals surface area contributed by atoms with Gasteiger partial charge in [0.2, 0.25) is 5.91 Å². The predicted octanol–water partition coefficient (Wildman–Crippen LogP) is 6.76. The average molecular weight is 443 g/mol. The number of rotatable bonds is 7. The van der Waals surface area contributed by atoms with Gasteiger partial charge in [0.15, 0.2) is 0 Å². The summed E-state index contributed by atoms with van der Waals surface area (Å²) < 4.78 is 0. The Balaban J connectivity index is 1.75. The molecule has 1 aliphatic carbocycles. The van der Waals surface area contributed by atoms with E-state index in [1.54, 1.807) is 0 Å². The fourth-order valence-corrected chi connectivity index (χ4v) is 4.59. The van der Waals surface area contributed by atoms with Crippen LogP contribution in [0.3, 0.4) is 0 Å². The van der Waals surface area contributed by atoms with Crippen LogP contribution in [0.5, 0.6) is 0 Å². The van der Waals surface area contributed by atoms with E-state index < -0.39 is 0 Å². The SMILES string of the molecule is CC(C(Cc1ccc(Cl)cc1)c1cccc(C#N)c1)N(C(=O)C1CCC1)c1ccccc1. The number of carbonyl (C=O) groups excluding carboxylic acids is 1. The molecule has 0 saturated heterocycles. The first kappa shape index (κ1) is 22.1. The number of carbonyl (C=O) groups is 1. The van der Waals surface area contributed by atoms with E-state index in [-0.39, 0.29) is 23.8 Å². The number of nitriles is 1. The Morgan fingerprint density at radius 1 is 1.06 bits per heavy atom. The van der Waals surface area contributed by atoms with Gasteiger partial charge in [0.05, 0.1) is 11.6 Å². The van der Waals surface area contributed by atoms with Crippen LogP contribution in [0.4, 0.5) is 5.69 Å². The molecule has 0 N–H and O–H groups in total. The third-order valence-corrected chi connectivity index (χ3v) is 6.78. The lowest BCUT2D eigenvalue weighted by Gasteiger charge is -2.39. The minimum Gasteiger partial charge on any atom is -0.309 e. The van der Waals surface area contributed by atoms with Crippen molar-refractivity contribution in [1.29, 1.82) is 5.26 Å². The van der Waals surface area contributed by atoms with E-state index in [2.05, 4.69) is 19.1 Å². The first-order chi connectivity index (χ1) is 15.6. The molecule has 0 spiro atoms. The van der Waals surface area contributed by atoms with Crippen molar-refractivity contribution in [3.63, 3.8) is 0 Å². The van der Waals surface area contributed by atoms with Crippen molar-refractivity contribution in [2.45, 2.75) is 44.6 Å². The standard InChI is InChI=1S/C28H27ClN2O/c1-20(31(26-11-3-2-4-12-26)28(32)23-8-6-9-23)27(18-21-13-15-25(29)16-14-21)24-10-5-7-22(17-24)19-30/h2-5,7,10-17,20,23,27H,6,8-9,18H2,1H3. The minimum atomic E-state index is -0.0879. The Morgan fingerprint density at radius 3 is 2.41 bits per heavy atom. The first-order valence-electron chi connectivity index (χ1n) is 11.2. The molecule has 1 amide bonds. The van der Waals surface area contributed by atoms with Gasteiger partial charge in [0.1, 0.15) is 0 Å². The van der Waals surface area contributed by atoms with E-state index in [9.17, 15) is 10.1 Å². The highest BCUT2D eigenvalue weighted by atomic mass is 35.5. The molecule has 1 fully saturated rings. The topological polar surface area (TPSA) is 44.1 Å². The zero-order valence-electron chi connectivity index (χ0n) is 18.2. The van der Waals surface area contributed by atoms with Gasteiger partial charge in [-0.15, -0.1) is 0 Å². The smallest absolute Gasteiger partial charge is 0.230 e. The Bertz CT molecular complexity index is 1100. The molecule has 2 unspecified atom stereocenters. The van der Waals surface area contributed by atoms with Gasteiger partial charge in [-0.25, -0.2) is 0 Å². The second-order valence-corrected chi connectivity index (χ2v) is 9.02. The molecule has 1 aliphatic rings. The highest BCUT2D eigenvalue weighted by molar-refractivity contribution is 6.30. The van der Waals surface area contributed by atoms with E-state index in [1.165, 1.54) is 0 Å². The minimum absolute atomic E-state index is 0.0220. The van der Waals surface area contributed by atoms with E-state index >= 15 is 0 Å². The largest absolute Gasteiger partial charge is 0.309 e. The van der Waals surface area contributed by atoms with Crippen molar-refractivity contribution >= 4 is 23.2 Å². The maximum atomic E-state index is 13.6. The molecule has 0 radical (unpaired) electrons. The summed E-state index contributed by atoms with van der Waals surface area (Å²) in [6, 6.07) is 27.8. The molecule has 32 heavy (non-hydrogen) atoms. The second-order valence-electron chi connectivity index (χ2n) is 8.59. The molecular formula is C28H27ClN2O. The van der Waals surface area contributed by atoms with Crippen molar-refractivity contribution in [1.82, 2.24) is 0 Å². The van der Waals surface area contributed by atoms with Crippen LogP contribution in [0.2, 0.25) is 5.02 Å². The molecule has 0 aliphatic heterocycles. The number of benzene rings is 3. The molecule has 4 rings (SSSR count). The van der Waals surface area contributed by atoms with E-state index in [0.717, 1.165) is 42.5 Å². The van der Waals surface area contributed by atoms with Crippen molar-refractivity contribution in [3.8, 4) is 6.07 Å². The summed E-state index contributed by atoms with van der Waals surface area (Å²) in [5, 5.41) is 10.2. The summed E-state index contributed by atoms with van der Waals surface area (Å²) in [4.78, 5) is 15.6. The molecule has 3 aromatic carbocycles. The van der Waals surface area contributed by atoms with Gasteiger partial charge in [-0.3, -0.25) is 4.79 Å². The third kappa shape index (κ3) is 4.87. The number of halogens is 1. The van der Waals surface area contributed by atoms with Gasteiger partial charge in [-0.2, -0.15) is 5.26 Å². The van der Waals surface area contributed by atoms with E-state index in [0.29, 0.717) is 10.6 Å². The molecule has 162 valence electrons. The normalized spacial score (nSPS) is 15.3. The van der Waals surface area contributed by atoms with Crippen LogP contribution in [0.15, 0.2) is 78.9 Å². The number of hydrogen-bond acceptors (Lipinski definition) is 2. The molecule has 4 heteroatoms. The monoisotopic (exact) mass is 442 g/mol. The van der Waals surface area contributed by atoms with Crippen molar-refractivity contribution in [2.24, 2.45) is 5.92 Å². The number of anilines is 1. The van der Waals surface area contributed by atoms with Crippen LogP contribution < -0.4 is 4.90 Å². The van der Waals surface area contributed by atoms with Crippen LogP contribution in [0.1, 0.15) is 48.8 Å². The summed E-state index contributed by atoms with van der Waals surface area (Å²) in [6.45, 7) is 2.13. The van der Waals surface area contributed by atoms with Gasteiger partial charge in [0, 0.05) is 28.6 Å². The maximum absolute atomic E-state index is 13.6. The number of para-hydroxylation sites is 1. The lowest BCUT2D eigenvalue weighted by atomic mass is 9.81. The molecule has 0 bridgehead atoms. The predicted molar refractivity (Wildman–Crippen MR) is 130 cm³/mol. The maximum Gasteiger partial charge on any atom is 0.230 e. The van der Waals surface area contributed by atoms with Crippen LogP contribution in [-0.4, -0.2) is 11.9 Å². The molecule has 3 nitrogen and oxygen atoms in total. The zero-order valence-corrected chi connectivity index (χ0v) is 19.0. The van der Waals surface area contributed by atoms with Crippen molar-refractivity contribution in [2.75, 3.05) is 4.90 Å². The molecular weight excluding hydrogens is 416 g/mol. The third-order valence-electron chi connectivity index (χ3n) is 6.53. The molecule has 3 aromatic rings. The fourth-order valence-electron chi connectivity index (χ4n) is 4.46. The summed E-state index contributed by atoms with van der Waals surface area (Å²) >= 11 is 6.11. The first-order valence-corrected chi connectivity index (χ1v) is 11.6. The average Bonchev–Trinajstić information content (AvgIpc) is 2.78. The second kappa shape index (κ2) is 10.0. The number of hydrogen-bond donors (Lipinski definition) is 0. The zero-order chi connectivity index (χ0) is 22.5. The van der Waals surface area contributed by atoms with Gasteiger partial charge >= 0.3 is 0 Å². The van der Waals surface area contributed by atoms with Crippen molar-refractivity contribution < 1.29 is 4.79 Å². The van der Waals surface area contributed by atoms with E-state index in [4.69, 9.17) is 11.6 Å². The van der Waals surface area contributed by atoms with Crippen molar-refractivity contribution in [3.05, 3.63) is 101 Å². The molecule has 0 heterocycles. The summed E-state index contributed by atoms with van der Waals surface area (Å²) in [5.74, 6) is 0.320. The number of amides is 1. The lowest BCUT2D eigenvalue weighted by Crippen LogP contribution is -2.47. The summed E-state index contributed by atoms with van der Waals surface area (Å²) in [5.41, 5.74) is 3.77. The summed E-state index contributed by atoms with van der Waals surface area (Å²) in [7, 11) is 0. The van der Waals surface area contributed by atoms with Crippen LogP contribution >= 0.6 is 11.6 Å². The Hall–Kier alpha value is -3.09. The highest BCUT2D eigenvalue weighted by Gasteiger charge is 2.36. The molecule has 1 saturated carbocycles. The lowest BCUT2D eigenvalue weighted by molar-refractivity contribution is -0.125. The van der Waals surface area contributed by atoms with Gasteiger partial charge in [-0.1, -0.05) is 60.5 Å². The van der Waals surface area contributed by atoms with Crippen LogP contribution in [0, 0.1) is 17.2 Å². The van der Waals surface area contributed by atoms with E-state index in [1.807, 2.05) is 77.7 Å². The Kier molecular flexibility index (Phi) is 6.93. The van der Waals surface area contributed by atoms with Gasteiger partial charge in [0.25, 0.3) is 0 Å². The number of nitrogens with zero attached hydrogens (tertiary/aromatic N) is 2. The van der Waals surface area contributed by atoms with Crippen LogP contribution in [0.25, 0.3) is 0 Å².